The van der Waals surface area contributed by atoms with E-state index in [0.717, 1.165) is 0 Å². The highest BCUT2D eigenvalue weighted by Gasteiger charge is 2.32. The quantitative estimate of drug-likeness (QED) is 0.721. The summed E-state index contributed by atoms with van der Waals surface area (Å²) in [6.45, 7) is -2.53. The molecule has 0 unspecified atom stereocenters. The molecule has 1 heterocycles. The summed E-state index contributed by atoms with van der Waals surface area (Å²) >= 11 is 0. The van der Waals surface area contributed by atoms with Gasteiger partial charge in [-0.25, -0.2) is 0 Å². The van der Waals surface area contributed by atoms with Gasteiger partial charge in [0.25, 0.3) is 0 Å². The molecular formula is C7H12ClF2NO3. The summed E-state index contributed by atoms with van der Waals surface area (Å²) < 4.78 is 32.1. The Bertz CT molecular complexity index is 194. The molecule has 0 aromatic heterocycles. The Morgan fingerprint density at radius 2 is 2.21 bits per heavy atom. The molecule has 14 heavy (non-hydrogen) atoms. The van der Waals surface area contributed by atoms with Crippen LogP contribution < -0.4 is 5.32 Å². The van der Waals surface area contributed by atoms with Gasteiger partial charge in [-0.1, -0.05) is 0 Å². The van der Waals surface area contributed by atoms with Gasteiger partial charge in [-0.2, -0.15) is 8.78 Å². The van der Waals surface area contributed by atoms with E-state index in [2.05, 4.69) is 14.8 Å². The molecule has 1 saturated heterocycles. The van der Waals surface area contributed by atoms with Crippen LogP contribution in [0.4, 0.5) is 8.78 Å². The summed E-state index contributed by atoms with van der Waals surface area (Å²) in [5, 5.41) is 2.73. The third-order valence-corrected chi connectivity index (χ3v) is 1.87. The van der Waals surface area contributed by atoms with Crippen molar-refractivity contribution >= 4 is 18.4 Å². The van der Waals surface area contributed by atoms with E-state index in [0.29, 0.717) is 0 Å². The van der Waals surface area contributed by atoms with Crippen LogP contribution in [0.5, 0.6) is 0 Å². The molecule has 1 aliphatic heterocycles. The second-order valence-electron chi connectivity index (χ2n) is 2.74. The minimum absolute atomic E-state index is 0. The average Bonchev–Trinajstić information content (AvgIpc) is 2.50. The fraction of sp³-hybridized carbons (Fsp3) is 0.857. The van der Waals surface area contributed by atoms with Gasteiger partial charge in [0, 0.05) is 13.0 Å². The van der Waals surface area contributed by atoms with E-state index >= 15 is 0 Å². The number of ether oxygens (including phenoxy) is 2. The van der Waals surface area contributed by atoms with E-state index in [4.69, 9.17) is 0 Å². The van der Waals surface area contributed by atoms with Crippen molar-refractivity contribution in [1.29, 1.82) is 0 Å². The van der Waals surface area contributed by atoms with Crippen LogP contribution in [0.2, 0.25) is 0 Å². The van der Waals surface area contributed by atoms with Crippen LogP contribution in [0.3, 0.4) is 0 Å². The number of carbonyl (C=O) groups excluding carboxylic acids is 1. The molecule has 1 fully saturated rings. The van der Waals surface area contributed by atoms with Gasteiger partial charge in [0.2, 0.25) is 0 Å². The van der Waals surface area contributed by atoms with Crippen LogP contribution in [0.1, 0.15) is 6.42 Å². The first-order valence-corrected chi connectivity index (χ1v) is 3.88. The Morgan fingerprint density at radius 3 is 2.71 bits per heavy atom. The van der Waals surface area contributed by atoms with Crippen LogP contribution in [0.25, 0.3) is 0 Å². The molecule has 0 saturated carbocycles. The SMILES string of the molecule is COC(=O)[C@@H]1C[C@@H](OC(F)F)CN1.Cl. The predicted molar refractivity (Wildman–Crippen MR) is 46.5 cm³/mol. The number of methoxy groups -OCH3 is 1. The number of alkyl halides is 2. The highest BCUT2D eigenvalue weighted by molar-refractivity contribution is 5.85. The molecule has 0 bridgehead atoms. The number of esters is 1. The standard InChI is InChI=1S/C7H11F2NO3.ClH/c1-12-6(11)5-2-4(3-10-5)13-7(8)9;/h4-5,7,10H,2-3H2,1H3;1H/t4-,5+;/m1./s1. The molecule has 0 amide bonds. The Labute approximate surface area is 86.3 Å². The summed E-state index contributed by atoms with van der Waals surface area (Å²) in [6.07, 6.45) is -0.374. The molecule has 0 radical (unpaired) electrons. The van der Waals surface area contributed by atoms with Gasteiger partial charge in [0.1, 0.15) is 6.04 Å². The molecule has 1 rings (SSSR count). The number of hydrogen-bond donors (Lipinski definition) is 1. The van der Waals surface area contributed by atoms with Crippen molar-refractivity contribution in [3.63, 3.8) is 0 Å². The maximum absolute atomic E-state index is 11.7. The lowest BCUT2D eigenvalue weighted by molar-refractivity contribution is -0.159. The number of hydrogen-bond acceptors (Lipinski definition) is 4. The molecule has 0 spiro atoms. The van der Waals surface area contributed by atoms with E-state index in [-0.39, 0.29) is 25.4 Å². The van der Waals surface area contributed by atoms with E-state index in [1.165, 1.54) is 7.11 Å². The minimum Gasteiger partial charge on any atom is -0.468 e. The molecule has 84 valence electrons. The molecule has 0 aromatic carbocycles. The molecule has 7 heteroatoms. The van der Waals surface area contributed by atoms with Crippen molar-refractivity contribution in [1.82, 2.24) is 5.32 Å². The van der Waals surface area contributed by atoms with Gasteiger partial charge < -0.3 is 14.8 Å². The zero-order chi connectivity index (χ0) is 9.84. The lowest BCUT2D eigenvalue weighted by Gasteiger charge is -2.09. The predicted octanol–water partition coefficient (Wildman–Crippen LogP) is 0.551. The van der Waals surface area contributed by atoms with Gasteiger partial charge in [0.05, 0.1) is 13.2 Å². The van der Waals surface area contributed by atoms with E-state index < -0.39 is 24.7 Å². The molecule has 4 nitrogen and oxygen atoms in total. The molecule has 0 aliphatic carbocycles. The number of halogens is 3. The first-order valence-electron chi connectivity index (χ1n) is 3.88. The van der Waals surface area contributed by atoms with Crippen molar-refractivity contribution in [2.45, 2.75) is 25.2 Å². The molecule has 0 aromatic rings. The normalized spacial score (nSPS) is 26.0. The van der Waals surface area contributed by atoms with Crippen LogP contribution in [-0.2, 0) is 14.3 Å². The van der Waals surface area contributed by atoms with Crippen molar-refractivity contribution in [2.75, 3.05) is 13.7 Å². The van der Waals surface area contributed by atoms with Gasteiger partial charge >= 0.3 is 12.6 Å². The van der Waals surface area contributed by atoms with E-state index in [1.54, 1.807) is 0 Å². The number of rotatable bonds is 3. The highest BCUT2D eigenvalue weighted by Crippen LogP contribution is 2.14. The van der Waals surface area contributed by atoms with Gasteiger partial charge in [-0.3, -0.25) is 4.79 Å². The summed E-state index contributed by atoms with van der Waals surface area (Å²) in [5.41, 5.74) is 0. The topological polar surface area (TPSA) is 47.6 Å². The van der Waals surface area contributed by atoms with Crippen molar-refractivity contribution in [2.24, 2.45) is 0 Å². The van der Waals surface area contributed by atoms with E-state index in [9.17, 15) is 13.6 Å². The van der Waals surface area contributed by atoms with Gasteiger partial charge in [-0.15, -0.1) is 12.4 Å². The Morgan fingerprint density at radius 1 is 1.57 bits per heavy atom. The van der Waals surface area contributed by atoms with Crippen LogP contribution in [-0.4, -0.2) is 38.4 Å². The van der Waals surface area contributed by atoms with Crippen LogP contribution in [0, 0.1) is 0 Å². The minimum atomic E-state index is -2.79. The maximum atomic E-state index is 11.7. The fourth-order valence-electron chi connectivity index (χ4n) is 1.27. The van der Waals surface area contributed by atoms with Crippen molar-refractivity contribution in [3.8, 4) is 0 Å². The second-order valence-corrected chi connectivity index (χ2v) is 2.74. The van der Waals surface area contributed by atoms with Crippen molar-refractivity contribution < 1.29 is 23.0 Å². The van der Waals surface area contributed by atoms with Gasteiger partial charge in [-0.05, 0) is 0 Å². The number of carbonyl (C=O) groups is 1. The van der Waals surface area contributed by atoms with Crippen LogP contribution >= 0.6 is 12.4 Å². The lowest BCUT2D eigenvalue weighted by atomic mass is 10.2. The maximum Gasteiger partial charge on any atom is 0.345 e. The summed E-state index contributed by atoms with van der Waals surface area (Å²) in [6, 6.07) is -0.520. The lowest BCUT2D eigenvalue weighted by Crippen LogP contribution is -2.31. The van der Waals surface area contributed by atoms with Crippen LogP contribution in [0.15, 0.2) is 0 Å². The zero-order valence-corrected chi connectivity index (χ0v) is 8.35. The second kappa shape index (κ2) is 6.10. The largest absolute Gasteiger partial charge is 0.468 e. The third kappa shape index (κ3) is 3.73. The average molecular weight is 232 g/mol. The third-order valence-electron chi connectivity index (χ3n) is 1.87. The van der Waals surface area contributed by atoms with Crippen molar-refractivity contribution in [3.05, 3.63) is 0 Å². The molecule has 1 N–H and O–H groups in total. The summed E-state index contributed by atoms with van der Waals surface area (Å²) in [4.78, 5) is 10.9. The zero-order valence-electron chi connectivity index (χ0n) is 7.54. The number of nitrogens with one attached hydrogen (secondary N) is 1. The van der Waals surface area contributed by atoms with E-state index in [1.807, 2.05) is 0 Å². The Kier molecular flexibility index (Phi) is 5.90. The Hall–Kier alpha value is -0.460. The first kappa shape index (κ1) is 13.5. The highest BCUT2D eigenvalue weighted by atomic mass is 35.5. The molecule has 2 atom stereocenters. The first-order chi connectivity index (χ1) is 6.13. The molecular weight excluding hydrogens is 220 g/mol. The summed E-state index contributed by atoms with van der Waals surface area (Å²) in [5.74, 6) is -0.444. The summed E-state index contributed by atoms with van der Waals surface area (Å²) in [7, 11) is 1.26. The smallest absolute Gasteiger partial charge is 0.345 e. The Balaban J connectivity index is 0.00000169. The van der Waals surface area contributed by atoms with Gasteiger partial charge in [0.15, 0.2) is 0 Å². The molecule has 1 aliphatic rings. The fourth-order valence-corrected chi connectivity index (χ4v) is 1.27. The monoisotopic (exact) mass is 231 g/mol.